The second-order valence-corrected chi connectivity index (χ2v) is 7.45. The summed E-state index contributed by atoms with van der Waals surface area (Å²) in [4.78, 5) is 22.5. The first-order chi connectivity index (χ1) is 13.8. The smallest absolute Gasteiger partial charge is 0.303 e. The van der Waals surface area contributed by atoms with Gasteiger partial charge in [0.1, 0.15) is 11.6 Å². The molecule has 0 radical (unpaired) electrons. The lowest BCUT2D eigenvalue weighted by Gasteiger charge is -2.26. The zero-order chi connectivity index (χ0) is 21.6. The molecule has 2 rings (SSSR count). The first-order valence-corrected chi connectivity index (χ1v) is 9.91. The fourth-order valence-electron chi connectivity index (χ4n) is 4.00. The quantitative estimate of drug-likeness (QED) is 0.408. The zero-order valence-electron chi connectivity index (χ0n) is 17.5. The minimum Gasteiger partial charge on any atom is -0.496 e. The third-order valence-electron chi connectivity index (χ3n) is 5.69. The molecule has 2 aromatic rings. The van der Waals surface area contributed by atoms with Crippen LogP contribution in [0.3, 0.4) is 0 Å². The molecular formula is C24H29FO4. The number of hydrogen-bond donors (Lipinski definition) is 1. The molecule has 0 amide bonds. The lowest BCUT2D eigenvalue weighted by Crippen LogP contribution is -2.11. The van der Waals surface area contributed by atoms with Crippen LogP contribution >= 0.6 is 0 Å². The molecule has 0 bridgehead atoms. The van der Waals surface area contributed by atoms with Crippen molar-refractivity contribution in [3.63, 3.8) is 0 Å². The number of carbonyl (C=O) groups excluding carboxylic acids is 1. The Morgan fingerprint density at radius 3 is 2.28 bits per heavy atom. The van der Waals surface area contributed by atoms with Crippen molar-refractivity contribution >= 4 is 12.3 Å². The number of unbranched alkanes of at least 4 members (excludes halogenated alkanes) is 2. The lowest BCUT2D eigenvalue weighted by atomic mass is 9.80. The van der Waals surface area contributed by atoms with Crippen LogP contribution in [-0.4, -0.2) is 24.5 Å². The Labute approximate surface area is 171 Å². The highest BCUT2D eigenvalue weighted by atomic mass is 19.1. The van der Waals surface area contributed by atoms with Crippen molar-refractivity contribution in [1.82, 2.24) is 0 Å². The molecule has 0 spiro atoms. The Bertz CT molecular complexity index is 872. The summed E-state index contributed by atoms with van der Waals surface area (Å²) in [5.41, 5.74) is 5.26. The molecule has 0 heterocycles. The summed E-state index contributed by atoms with van der Waals surface area (Å²) < 4.78 is 19.3. The van der Waals surface area contributed by atoms with Crippen LogP contribution < -0.4 is 4.74 Å². The number of rotatable bonds is 10. The normalized spacial score (nSPS) is 11.9. The fraction of sp³-hybridized carbons (Fsp3) is 0.417. The number of carboxylic acid groups (broad SMARTS) is 1. The van der Waals surface area contributed by atoms with Crippen LogP contribution in [0.15, 0.2) is 24.3 Å². The highest BCUT2D eigenvalue weighted by Gasteiger charge is 2.25. The summed E-state index contributed by atoms with van der Waals surface area (Å²) in [7, 11) is 1.62. The number of benzene rings is 2. The van der Waals surface area contributed by atoms with Crippen LogP contribution in [0.2, 0.25) is 0 Å². The van der Waals surface area contributed by atoms with Crippen LogP contribution in [0.1, 0.15) is 76.2 Å². The lowest BCUT2D eigenvalue weighted by molar-refractivity contribution is -0.137. The van der Waals surface area contributed by atoms with E-state index in [2.05, 4.69) is 0 Å². The molecule has 5 heteroatoms. The van der Waals surface area contributed by atoms with Crippen molar-refractivity contribution in [1.29, 1.82) is 0 Å². The number of aliphatic carboxylic acids is 1. The van der Waals surface area contributed by atoms with Gasteiger partial charge in [0.2, 0.25) is 0 Å². The molecule has 0 aliphatic rings. The Hall–Kier alpha value is -2.69. The van der Waals surface area contributed by atoms with E-state index in [1.165, 1.54) is 12.1 Å². The molecule has 0 unspecified atom stereocenters. The second-order valence-electron chi connectivity index (χ2n) is 7.45. The molecule has 1 N–H and O–H groups in total. The third-order valence-corrected chi connectivity index (χ3v) is 5.69. The van der Waals surface area contributed by atoms with Gasteiger partial charge in [-0.3, -0.25) is 9.59 Å². The van der Waals surface area contributed by atoms with Gasteiger partial charge in [0.15, 0.2) is 6.29 Å². The Morgan fingerprint density at radius 1 is 1.07 bits per heavy atom. The predicted octanol–water partition coefficient (Wildman–Crippen LogP) is 5.74. The highest BCUT2D eigenvalue weighted by molar-refractivity contribution is 5.82. The van der Waals surface area contributed by atoms with E-state index in [1.54, 1.807) is 19.2 Å². The summed E-state index contributed by atoms with van der Waals surface area (Å²) in [5.74, 6) is -0.410. The van der Waals surface area contributed by atoms with Crippen molar-refractivity contribution in [2.24, 2.45) is 0 Å². The van der Waals surface area contributed by atoms with Crippen molar-refractivity contribution in [3.8, 4) is 5.75 Å². The Morgan fingerprint density at radius 2 is 1.72 bits per heavy atom. The molecule has 29 heavy (non-hydrogen) atoms. The van der Waals surface area contributed by atoms with Gasteiger partial charge < -0.3 is 9.84 Å². The Kier molecular flexibility index (Phi) is 7.94. The van der Waals surface area contributed by atoms with Crippen LogP contribution in [0, 0.1) is 26.6 Å². The van der Waals surface area contributed by atoms with E-state index < -0.39 is 5.97 Å². The number of carboxylic acids is 1. The van der Waals surface area contributed by atoms with Gasteiger partial charge in [-0.25, -0.2) is 4.39 Å². The molecule has 0 aromatic heterocycles. The van der Waals surface area contributed by atoms with Crippen LogP contribution in [-0.2, 0) is 4.79 Å². The minimum atomic E-state index is -0.789. The van der Waals surface area contributed by atoms with Gasteiger partial charge >= 0.3 is 5.97 Å². The molecule has 1 atom stereocenters. The van der Waals surface area contributed by atoms with Gasteiger partial charge in [0.25, 0.3) is 0 Å². The molecule has 0 aliphatic carbocycles. The maximum absolute atomic E-state index is 13.5. The number of ether oxygens (including phenoxy) is 1. The maximum atomic E-state index is 13.5. The van der Waals surface area contributed by atoms with Crippen LogP contribution in [0.25, 0.3) is 0 Å². The summed E-state index contributed by atoms with van der Waals surface area (Å²) in [6, 6.07) is 6.42. The van der Waals surface area contributed by atoms with E-state index in [9.17, 15) is 14.0 Å². The van der Waals surface area contributed by atoms with Gasteiger partial charge in [0, 0.05) is 23.5 Å². The number of hydrogen-bond acceptors (Lipinski definition) is 3. The summed E-state index contributed by atoms with van der Waals surface area (Å²) in [6.45, 7) is 5.78. The molecule has 0 aliphatic heterocycles. The average molecular weight is 400 g/mol. The van der Waals surface area contributed by atoms with E-state index in [0.29, 0.717) is 12.0 Å². The van der Waals surface area contributed by atoms with Gasteiger partial charge in [-0.05, 0) is 68.0 Å². The molecule has 4 nitrogen and oxygen atoms in total. The van der Waals surface area contributed by atoms with Gasteiger partial charge in [0.05, 0.1) is 7.11 Å². The highest BCUT2D eigenvalue weighted by Crippen LogP contribution is 2.42. The largest absolute Gasteiger partial charge is 0.496 e. The minimum absolute atomic E-state index is 0.0756. The van der Waals surface area contributed by atoms with Crippen molar-refractivity contribution in [3.05, 3.63) is 63.5 Å². The molecule has 0 fully saturated rings. The van der Waals surface area contributed by atoms with Gasteiger partial charge in [-0.2, -0.15) is 0 Å². The molecule has 2 aromatic carbocycles. The van der Waals surface area contributed by atoms with E-state index in [4.69, 9.17) is 9.84 Å². The predicted molar refractivity (Wildman–Crippen MR) is 112 cm³/mol. The number of methoxy groups -OCH3 is 1. The van der Waals surface area contributed by atoms with Gasteiger partial charge in [-0.15, -0.1) is 0 Å². The summed E-state index contributed by atoms with van der Waals surface area (Å²) in [6.07, 6.45) is 4.02. The average Bonchev–Trinajstić information content (AvgIpc) is 2.69. The monoisotopic (exact) mass is 400 g/mol. The molecule has 0 saturated heterocycles. The van der Waals surface area contributed by atoms with E-state index >= 15 is 0 Å². The first-order valence-electron chi connectivity index (χ1n) is 9.91. The van der Waals surface area contributed by atoms with Crippen molar-refractivity contribution in [2.75, 3.05) is 7.11 Å². The third kappa shape index (κ3) is 5.22. The standard InChI is InChI=1S/C24H29FO4/c1-15-16(2)24(29-4)23(17(3)21(15)14-26)20(8-6-5-7-9-22(27)28)18-10-12-19(25)13-11-18/h10-14,20H,5-9H2,1-4H3,(H,27,28)/t20-/m1/s1. The number of carbonyl (C=O) groups is 2. The summed E-state index contributed by atoms with van der Waals surface area (Å²) in [5, 5.41) is 8.84. The maximum Gasteiger partial charge on any atom is 0.303 e. The van der Waals surface area contributed by atoms with Gasteiger partial charge in [-0.1, -0.05) is 25.0 Å². The van der Waals surface area contributed by atoms with Crippen LogP contribution in [0.4, 0.5) is 4.39 Å². The Balaban J connectivity index is 2.50. The topological polar surface area (TPSA) is 63.6 Å². The SMILES string of the molecule is COc1c(C)c(C)c(C=O)c(C)c1[C@H](CCCCCC(=O)O)c1ccc(F)cc1. The summed E-state index contributed by atoms with van der Waals surface area (Å²) >= 11 is 0. The van der Waals surface area contributed by atoms with Crippen molar-refractivity contribution in [2.45, 2.75) is 58.8 Å². The number of aldehydes is 1. The fourth-order valence-corrected chi connectivity index (χ4v) is 4.00. The van der Waals surface area contributed by atoms with Crippen LogP contribution in [0.5, 0.6) is 5.75 Å². The first kappa shape index (κ1) is 22.6. The van der Waals surface area contributed by atoms with E-state index in [1.807, 2.05) is 20.8 Å². The van der Waals surface area contributed by atoms with E-state index in [-0.39, 0.29) is 18.2 Å². The molecular weight excluding hydrogens is 371 g/mol. The molecule has 156 valence electrons. The number of halogens is 1. The second kappa shape index (κ2) is 10.2. The molecule has 0 saturated carbocycles. The van der Waals surface area contributed by atoms with Crippen molar-refractivity contribution < 1.29 is 23.8 Å². The zero-order valence-corrected chi connectivity index (χ0v) is 17.5. The van der Waals surface area contributed by atoms with E-state index in [0.717, 1.165) is 59.1 Å².